The smallest absolute Gasteiger partial charge is 0.160 e. The third kappa shape index (κ3) is 2.84. The van der Waals surface area contributed by atoms with Gasteiger partial charge in [-0.3, -0.25) is 0 Å². The van der Waals surface area contributed by atoms with E-state index < -0.39 is 19.0 Å². The fourth-order valence-electron chi connectivity index (χ4n) is 2.08. The number of nitrogens with zero attached hydrogens (tertiary/aromatic N) is 2. The first kappa shape index (κ1) is 14.6. The molecule has 0 radical (unpaired) electrons. The van der Waals surface area contributed by atoms with E-state index in [9.17, 15) is 13.2 Å². The highest BCUT2D eigenvalue weighted by Crippen LogP contribution is 2.28. The third-order valence-corrected chi connectivity index (χ3v) is 3.02. The fraction of sp³-hybridized carbons (Fsp3) is 0.429. The van der Waals surface area contributed by atoms with Crippen LogP contribution in [0.25, 0.3) is 10.9 Å². The Bertz CT molecular complexity index is 606. The minimum absolute atomic E-state index is 0.314. The van der Waals surface area contributed by atoms with Crippen LogP contribution in [0.1, 0.15) is 11.5 Å². The summed E-state index contributed by atoms with van der Waals surface area (Å²) in [6.45, 7) is 0.317. The summed E-state index contributed by atoms with van der Waals surface area (Å²) in [5, 5.41) is 0.536. The second-order valence-electron chi connectivity index (χ2n) is 4.46. The van der Waals surface area contributed by atoms with E-state index in [0.717, 1.165) is 0 Å². The van der Waals surface area contributed by atoms with Gasteiger partial charge in [0.05, 0.1) is 23.7 Å². The summed E-state index contributed by atoms with van der Waals surface area (Å²) in [7, 11) is 1.48. The molecule has 1 aromatic carbocycles. The van der Waals surface area contributed by atoms with Crippen LogP contribution in [0.4, 0.5) is 13.2 Å². The standard InChI is InChI=1S/C14H15F3N2O/c1-8-18-11-4-3-5-13(20-2)14(11)12(19-8)6-9(16)10(17)7-15/h3-5,9-10H,6-7H2,1-2H3. The van der Waals surface area contributed by atoms with Crippen LogP contribution in [0, 0.1) is 6.92 Å². The van der Waals surface area contributed by atoms with Gasteiger partial charge in [-0.1, -0.05) is 6.07 Å². The molecule has 0 bridgehead atoms. The molecule has 1 aromatic heterocycles. The first-order valence-electron chi connectivity index (χ1n) is 6.21. The molecular weight excluding hydrogens is 269 g/mol. The van der Waals surface area contributed by atoms with Crippen molar-refractivity contribution >= 4 is 10.9 Å². The number of ether oxygens (including phenoxy) is 1. The molecule has 1 heterocycles. The van der Waals surface area contributed by atoms with Crippen molar-refractivity contribution in [3.63, 3.8) is 0 Å². The molecule has 108 valence electrons. The summed E-state index contributed by atoms with van der Waals surface area (Å²) in [5.41, 5.74) is 0.920. The fourth-order valence-corrected chi connectivity index (χ4v) is 2.08. The van der Waals surface area contributed by atoms with Crippen LogP contribution in [-0.2, 0) is 6.42 Å². The van der Waals surface area contributed by atoms with Crippen LogP contribution in [0.2, 0.25) is 0 Å². The molecule has 2 atom stereocenters. The summed E-state index contributed by atoms with van der Waals surface area (Å²) in [4.78, 5) is 8.38. The topological polar surface area (TPSA) is 35.0 Å². The molecule has 2 aromatic rings. The van der Waals surface area contributed by atoms with E-state index in [1.165, 1.54) is 7.11 Å². The third-order valence-electron chi connectivity index (χ3n) is 3.02. The van der Waals surface area contributed by atoms with Crippen LogP contribution >= 0.6 is 0 Å². The second kappa shape index (κ2) is 6.07. The number of halogens is 3. The van der Waals surface area contributed by atoms with Gasteiger partial charge in [-0.2, -0.15) is 0 Å². The van der Waals surface area contributed by atoms with Crippen LogP contribution in [0.15, 0.2) is 18.2 Å². The van der Waals surface area contributed by atoms with Gasteiger partial charge >= 0.3 is 0 Å². The zero-order chi connectivity index (χ0) is 14.7. The highest BCUT2D eigenvalue weighted by molar-refractivity contribution is 5.87. The molecule has 3 nitrogen and oxygen atoms in total. The van der Waals surface area contributed by atoms with Gasteiger partial charge in [0.2, 0.25) is 0 Å². The number of methoxy groups -OCH3 is 1. The molecule has 0 aliphatic carbocycles. The van der Waals surface area contributed by atoms with Gasteiger partial charge in [0.15, 0.2) is 6.17 Å². The van der Waals surface area contributed by atoms with Crippen molar-refractivity contribution in [1.29, 1.82) is 0 Å². The van der Waals surface area contributed by atoms with Crippen molar-refractivity contribution in [2.45, 2.75) is 25.7 Å². The van der Waals surface area contributed by atoms with E-state index in [0.29, 0.717) is 28.2 Å². The molecule has 6 heteroatoms. The Labute approximate surface area is 114 Å². The van der Waals surface area contributed by atoms with Crippen LogP contribution in [0.5, 0.6) is 5.75 Å². The maximum Gasteiger partial charge on any atom is 0.160 e. The van der Waals surface area contributed by atoms with E-state index in [1.807, 2.05) is 0 Å². The maximum atomic E-state index is 13.7. The van der Waals surface area contributed by atoms with Gasteiger partial charge < -0.3 is 4.74 Å². The van der Waals surface area contributed by atoms with E-state index in [-0.39, 0.29) is 6.42 Å². The quantitative estimate of drug-likeness (QED) is 0.846. The zero-order valence-corrected chi connectivity index (χ0v) is 11.2. The Morgan fingerprint density at radius 2 is 1.95 bits per heavy atom. The minimum atomic E-state index is -2.14. The zero-order valence-electron chi connectivity index (χ0n) is 11.2. The Hall–Kier alpha value is -1.85. The summed E-state index contributed by atoms with van der Waals surface area (Å²) in [6.07, 6.45) is -4.40. The number of aryl methyl sites for hydroxylation is 1. The molecule has 20 heavy (non-hydrogen) atoms. The van der Waals surface area contributed by atoms with Gasteiger partial charge in [0, 0.05) is 6.42 Å². The predicted octanol–water partition coefficient (Wildman–Crippen LogP) is 3.14. The first-order valence-corrected chi connectivity index (χ1v) is 6.21. The lowest BCUT2D eigenvalue weighted by atomic mass is 10.1. The molecule has 2 unspecified atom stereocenters. The monoisotopic (exact) mass is 284 g/mol. The Balaban J connectivity index is 2.51. The first-order chi connectivity index (χ1) is 9.56. The van der Waals surface area contributed by atoms with Gasteiger partial charge in [-0.15, -0.1) is 0 Å². The molecule has 0 amide bonds. The largest absolute Gasteiger partial charge is 0.496 e. The van der Waals surface area contributed by atoms with Gasteiger partial charge in [0.25, 0.3) is 0 Å². The number of rotatable bonds is 5. The maximum absolute atomic E-state index is 13.7. The van der Waals surface area contributed by atoms with E-state index in [4.69, 9.17) is 4.74 Å². The molecule has 2 rings (SSSR count). The van der Waals surface area contributed by atoms with Crippen LogP contribution < -0.4 is 4.74 Å². The van der Waals surface area contributed by atoms with Crippen molar-refractivity contribution in [2.24, 2.45) is 0 Å². The molecule has 0 fully saturated rings. The van der Waals surface area contributed by atoms with Crippen molar-refractivity contribution in [2.75, 3.05) is 13.8 Å². The number of hydrogen-bond acceptors (Lipinski definition) is 3. The van der Waals surface area contributed by atoms with Crippen LogP contribution in [0.3, 0.4) is 0 Å². The Morgan fingerprint density at radius 3 is 2.60 bits per heavy atom. The number of hydrogen-bond donors (Lipinski definition) is 0. The van der Waals surface area contributed by atoms with Crippen molar-refractivity contribution in [1.82, 2.24) is 9.97 Å². The van der Waals surface area contributed by atoms with Crippen molar-refractivity contribution in [3.05, 3.63) is 29.7 Å². The normalized spacial score (nSPS) is 14.2. The lowest BCUT2D eigenvalue weighted by Gasteiger charge is -2.14. The number of benzene rings is 1. The Morgan fingerprint density at radius 1 is 1.20 bits per heavy atom. The lowest BCUT2D eigenvalue weighted by molar-refractivity contribution is 0.136. The number of alkyl halides is 3. The van der Waals surface area contributed by atoms with E-state index in [1.54, 1.807) is 25.1 Å². The lowest BCUT2D eigenvalue weighted by Crippen LogP contribution is -2.22. The van der Waals surface area contributed by atoms with Crippen molar-refractivity contribution in [3.8, 4) is 5.75 Å². The molecule has 0 aliphatic heterocycles. The highest BCUT2D eigenvalue weighted by atomic mass is 19.2. The average molecular weight is 284 g/mol. The molecule has 0 N–H and O–H groups in total. The summed E-state index contributed by atoms with van der Waals surface area (Å²) in [6, 6.07) is 5.19. The molecule has 0 aliphatic rings. The highest BCUT2D eigenvalue weighted by Gasteiger charge is 2.23. The summed E-state index contributed by atoms with van der Waals surface area (Å²) < 4.78 is 44.1. The average Bonchev–Trinajstić information content (AvgIpc) is 2.45. The SMILES string of the molecule is COc1cccc2nc(C)nc(CC(F)C(F)CF)c12. The molecular formula is C14H15F3N2O. The summed E-state index contributed by atoms with van der Waals surface area (Å²) >= 11 is 0. The molecule has 0 saturated carbocycles. The second-order valence-corrected chi connectivity index (χ2v) is 4.46. The Kier molecular flexibility index (Phi) is 4.42. The predicted molar refractivity (Wildman–Crippen MR) is 70.3 cm³/mol. The van der Waals surface area contributed by atoms with Gasteiger partial charge in [0.1, 0.15) is 24.4 Å². The van der Waals surface area contributed by atoms with Gasteiger partial charge in [-0.25, -0.2) is 23.1 Å². The van der Waals surface area contributed by atoms with E-state index in [2.05, 4.69) is 9.97 Å². The number of fused-ring (bicyclic) bond motifs is 1. The van der Waals surface area contributed by atoms with Crippen molar-refractivity contribution < 1.29 is 17.9 Å². The molecule has 0 saturated heterocycles. The minimum Gasteiger partial charge on any atom is -0.496 e. The molecule has 0 spiro atoms. The van der Waals surface area contributed by atoms with Gasteiger partial charge in [-0.05, 0) is 19.1 Å². The number of aromatic nitrogens is 2. The van der Waals surface area contributed by atoms with Crippen LogP contribution in [-0.4, -0.2) is 36.1 Å². The summed E-state index contributed by atoms with van der Waals surface area (Å²) in [5.74, 6) is 0.934. The van der Waals surface area contributed by atoms with E-state index >= 15 is 0 Å².